The van der Waals surface area contributed by atoms with E-state index in [1.165, 1.54) is 0 Å². The van der Waals surface area contributed by atoms with Gasteiger partial charge in [-0.15, -0.1) is 0 Å². The van der Waals surface area contributed by atoms with Crippen molar-refractivity contribution in [3.63, 3.8) is 0 Å². The second kappa shape index (κ2) is 4.76. The maximum Gasteiger partial charge on any atom is 0.201 e. The van der Waals surface area contributed by atoms with Crippen molar-refractivity contribution >= 4 is 39.6 Å². The Morgan fingerprint density at radius 3 is 2.84 bits per heavy atom. The molecule has 0 saturated heterocycles. The second-order valence-corrected chi connectivity index (χ2v) is 5.58. The molecule has 5 nitrogen and oxygen atoms in total. The van der Waals surface area contributed by atoms with Gasteiger partial charge in [-0.3, -0.25) is 9.97 Å². The number of rotatable bonds is 2. The molecule has 3 aromatic rings. The topological polar surface area (TPSA) is 69.6 Å². The first-order valence-electron chi connectivity index (χ1n) is 5.82. The number of nitrogens with zero attached hydrogens (tertiary/aromatic N) is 4. The van der Waals surface area contributed by atoms with Gasteiger partial charge in [0, 0.05) is 9.77 Å². The molecule has 0 aliphatic rings. The van der Waals surface area contributed by atoms with E-state index in [0.717, 1.165) is 26.0 Å². The average Bonchev–Trinajstić information content (AvgIpc) is 2.68. The molecule has 96 valence electrons. The Labute approximate surface area is 124 Å². The molecule has 0 aliphatic heterocycles. The predicted molar refractivity (Wildman–Crippen MR) is 82.7 cm³/mol. The first-order chi connectivity index (χ1) is 9.13. The van der Waals surface area contributed by atoms with Crippen LogP contribution in [0.25, 0.3) is 11.0 Å². The van der Waals surface area contributed by atoms with Gasteiger partial charge in [0.2, 0.25) is 5.95 Å². The zero-order valence-electron chi connectivity index (χ0n) is 10.3. The van der Waals surface area contributed by atoms with Crippen LogP contribution in [0.4, 0.5) is 5.95 Å². The van der Waals surface area contributed by atoms with E-state index in [1.54, 1.807) is 12.4 Å². The molecule has 0 radical (unpaired) electrons. The highest BCUT2D eigenvalue weighted by Crippen LogP contribution is 2.21. The molecule has 0 aliphatic carbocycles. The van der Waals surface area contributed by atoms with E-state index in [1.807, 2.05) is 29.7 Å². The molecule has 2 aromatic heterocycles. The van der Waals surface area contributed by atoms with Crippen molar-refractivity contribution < 1.29 is 0 Å². The molecule has 2 N–H and O–H groups in total. The van der Waals surface area contributed by atoms with E-state index in [9.17, 15) is 0 Å². The summed E-state index contributed by atoms with van der Waals surface area (Å²) < 4.78 is 3.09. The zero-order valence-corrected chi connectivity index (χ0v) is 12.5. The summed E-state index contributed by atoms with van der Waals surface area (Å²) in [5.74, 6) is 0.499. The highest BCUT2D eigenvalue weighted by molar-refractivity contribution is 14.1. The van der Waals surface area contributed by atoms with Crippen LogP contribution in [0, 0.1) is 10.5 Å². The van der Waals surface area contributed by atoms with Crippen LogP contribution >= 0.6 is 22.6 Å². The quantitative estimate of drug-likeness (QED) is 0.708. The summed E-state index contributed by atoms with van der Waals surface area (Å²) >= 11 is 2.26. The number of nitrogens with two attached hydrogens (primary N) is 1. The van der Waals surface area contributed by atoms with Crippen molar-refractivity contribution in [3.8, 4) is 0 Å². The Morgan fingerprint density at radius 1 is 1.26 bits per heavy atom. The number of hydrogen-bond acceptors (Lipinski definition) is 4. The number of nitrogen functional groups attached to an aromatic ring is 1. The third-order valence-electron chi connectivity index (χ3n) is 2.89. The Kier molecular flexibility index (Phi) is 3.09. The van der Waals surface area contributed by atoms with Crippen LogP contribution in [-0.2, 0) is 6.54 Å². The molecular weight excluding hydrogens is 353 g/mol. The molecule has 0 unspecified atom stereocenters. The summed E-state index contributed by atoms with van der Waals surface area (Å²) in [4.78, 5) is 13.0. The molecule has 0 amide bonds. The van der Waals surface area contributed by atoms with Crippen LogP contribution in [0.3, 0.4) is 0 Å². The molecule has 0 fully saturated rings. The number of aryl methyl sites for hydroxylation is 1. The minimum absolute atomic E-state index is 0.499. The number of aromatic nitrogens is 4. The maximum absolute atomic E-state index is 5.98. The predicted octanol–water partition coefficient (Wildman–Crippen LogP) is 2.37. The minimum Gasteiger partial charge on any atom is -0.369 e. The Balaban J connectivity index is 2.05. The molecule has 2 heterocycles. The van der Waals surface area contributed by atoms with Crippen molar-refractivity contribution in [1.29, 1.82) is 0 Å². The molecule has 1 aromatic carbocycles. The average molecular weight is 365 g/mol. The van der Waals surface area contributed by atoms with Crippen LogP contribution in [0.1, 0.15) is 11.4 Å². The zero-order chi connectivity index (χ0) is 13.4. The Hall–Kier alpha value is -1.70. The van der Waals surface area contributed by atoms with Gasteiger partial charge in [0.25, 0.3) is 0 Å². The van der Waals surface area contributed by atoms with E-state index in [-0.39, 0.29) is 0 Å². The lowest BCUT2D eigenvalue weighted by Crippen LogP contribution is -2.06. The van der Waals surface area contributed by atoms with Crippen LogP contribution in [-0.4, -0.2) is 19.5 Å². The first-order valence-corrected chi connectivity index (χ1v) is 6.90. The molecule has 6 heteroatoms. The summed E-state index contributed by atoms with van der Waals surface area (Å²) in [6, 6.07) is 6.09. The number of imidazole rings is 1. The molecule has 3 rings (SSSR count). The normalized spacial score (nSPS) is 11.1. The summed E-state index contributed by atoms with van der Waals surface area (Å²) in [5, 5.41) is 0. The van der Waals surface area contributed by atoms with Gasteiger partial charge in [-0.05, 0) is 47.7 Å². The van der Waals surface area contributed by atoms with Gasteiger partial charge in [-0.1, -0.05) is 0 Å². The summed E-state index contributed by atoms with van der Waals surface area (Å²) in [7, 11) is 0. The fourth-order valence-corrected chi connectivity index (χ4v) is 2.43. The highest BCUT2D eigenvalue weighted by atomic mass is 127. The minimum atomic E-state index is 0.499. The summed E-state index contributed by atoms with van der Waals surface area (Å²) in [5.41, 5.74) is 9.68. The first kappa shape index (κ1) is 12.3. The third kappa shape index (κ3) is 2.40. The van der Waals surface area contributed by atoms with Crippen LogP contribution in [0.15, 0.2) is 30.6 Å². The van der Waals surface area contributed by atoms with Crippen molar-refractivity contribution in [2.24, 2.45) is 0 Å². The van der Waals surface area contributed by atoms with E-state index < -0.39 is 0 Å². The molecule has 0 spiro atoms. The summed E-state index contributed by atoms with van der Waals surface area (Å²) in [6.07, 6.45) is 3.53. The number of hydrogen-bond donors (Lipinski definition) is 1. The molecule has 19 heavy (non-hydrogen) atoms. The number of fused-ring (bicyclic) bond motifs is 1. The van der Waals surface area contributed by atoms with E-state index >= 15 is 0 Å². The van der Waals surface area contributed by atoms with E-state index in [0.29, 0.717) is 12.5 Å². The van der Waals surface area contributed by atoms with Gasteiger partial charge in [-0.25, -0.2) is 4.98 Å². The van der Waals surface area contributed by atoms with E-state index in [4.69, 9.17) is 5.73 Å². The Bertz CT molecular complexity index is 733. The SMILES string of the molecule is Cc1cnc(Cn2c(N)nc3cc(I)ccc32)cn1. The van der Waals surface area contributed by atoms with Crippen molar-refractivity contribution in [1.82, 2.24) is 19.5 Å². The standard InChI is InChI=1S/C13H12IN5/c1-8-5-17-10(6-16-8)7-19-12-3-2-9(14)4-11(12)18-13(19)15/h2-6H,7H2,1H3,(H2,15,18). The largest absolute Gasteiger partial charge is 0.369 e. The lowest BCUT2D eigenvalue weighted by atomic mass is 10.3. The molecule has 0 atom stereocenters. The maximum atomic E-state index is 5.98. The second-order valence-electron chi connectivity index (χ2n) is 4.34. The van der Waals surface area contributed by atoms with Gasteiger partial charge in [0.05, 0.1) is 35.2 Å². The van der Waals surface area contributed by atoms with Crippen LogP contribution in [0.2, 0.25) is 0 Å². The molecule has 0 saturated carbocycles. The van der Waals surface area contributed by atoms with Gasteiger partial charge >= 0.3 is 0 Å². The van der Waals surface area contributed by atoms with Gasteiger partial charge in [-0.2, -0.15) is 0 Å². The van der Waals surface area contributed by atoms with Crippen LogP contribution < -0.4 is 5.73 Å². The van der Waals surface area contributed by atoms with Crippen molar-refractivity contribution in [2.75, 3.05) is 5.73 Å². The monoisotopic (exact) mass is 365 g/mol. The van der Waals surface area contributed by atoms with Gasteiger partial charge in [0.1, 0.15) is 0 Å². The molecular formula is C13H12IN5. The third-order valence-corrected chi connectivity index (χ3v) is 3.57. The van der Waals surface area contributed by atoms with Crippen LogP contribution in [0.5, 0.6) is 0 Å². The smallest absolute Gasteiger partial charge is 0.201 e. The van der Waals surface area contributed by atoms with Crippen molar-refractivity contribution in [2.45, 2.75) is 13.5 Å². The van der Waals surface area contributed by atoms with Gasteiger partial charge < -0.3 is 10.3 Å². The highest BCUT2D eigenvalue weighted by Gasteiger charge is 2.09. The lowest BCUT2D eigenvalue weighted by molar-refractivity contribution is 0.798. The van der Waals surface area contributed by atoms with Gasteiger partial charge in [0.15, 0.2) is 0 Å². The number of benzene rings is 1. The lowest BCUT2D eigenvalue weighted by Gasteiger charge is -2.05. The summed E-state index contributed by atoms with van der Waals surface area (Å²) in [6.45, 7) is 2.50. The van der Waals surface area contributed by atoms with E-state index in [2.05, 4.69) is 37.5 Å². The Morgan fingerprint density at radius 2 is 2.11 bits per heavy atom. The fourth-order valence-electron chi connectivity index (χ4n) is 1.95. The molecule has 0 bridgehead atoms. The van der Waals surface area contributed by atoms with Crippen molar-refractivity contribution in [3.05, 3.63) is 45.6 Å². The fraction of sp³-hybridized carbons (Fsp3) is 0.154. The number of anilines is 1. The number of halogens is 1.